The third-order valence-corrected chi connectivity index (χ3v) is 21.3. The number of fused-ring (bicyclic) bond motifs is 10. The summed E-state index contributed by atoms with van der Waals surface area (Å²) in [4.78, 5) is 50.3. The molecule has 2 heterocycles. The molecule has 73 heavy (non-hydrogen) atoms. The summed E-state index contributed by atoms with van der Waals surface area (Å²) in [5, 5.41) is 67.4. The topological polar surface area (TPSA) is 254 Å². The van der Waals surface area contributed by atoms with Gasteiger partial charge in [-0.25, -0.2) is 0 Å². The first-order valence-electron chi connectivity index (χ1n) is 28.2. The fourth-order valence-corrected chi connectivity index (χ4v) is 17.8. The highest BCUT2D eigenvalue weighted by Gasteiger charge is 2.76. The smallest absolute Gasteiger partial charge is 0.313 e. The third kappa shape index (κ3) is 9.04. The van der Waals surface area contributed by atoms with Crippen LogP contribution in [-0.4, -0.2) is 103 Å². The van der Waals surface area contributed by atoms with E-state index in [1.807, 2.05) is 18.5 Å². The second kappa shape index (κ2) is 20.5. The molecule has 0 spiro atoms. The average Bonchev–Trinajstić information content (AvgIpc) is 4.06. The normalized spacial score (nSPS) is 44.4. The summed E-state index contributed by atoms with van der Waals surface area (Å²) in [6.07, 6.45) is 12.5. The number of nitrogens with one attached hydrogen (secondary N) is 2. The Kier molecular flexibility index (Phi) is 15.1. The lowest BCUT2D eigenvalue weighted by Gasteiger charge is -2.66. The first kappa shape index (κ1) is 53.8. The van der Waals surface area contributed by atoms with E-state index < -0.39 is 69.4 Å². The number of aliphatic hydroxyl groups is 5. The minimum atomic E-state index is -1.82. The van der Waals surface area contributed by atoms with Gasteiger partial charge in [-0.1, -0.05) is 64.5 Å². The zero-order chi connectivity index (χ0) is 52.4. The Morgan fingerprint density at radius 3 is 2.47 bits per heavy atom. The van der Waals surface area contributed by atoms with E-state index in [0.717, 1.165) is 56.9 Å². The zero-order valence-corrected chi connectivity index (χ0v) is 44.5. The average molecular weight is 1010 g/mol. The van der Waals surface area contributed by atoms with E-state index in [1.54, 1.807) is 6.92 Å². The van der Waals surface area contributed by atoms with E-state index in [2.05, 4.69) is 60.9 Å². The molecule has 7 aliphatic carbocycles. The van der Waals surface area contributed by atoms with Crippen LogP contribution in [0.5, 0.6) is 0 Å². The van der Waals surface area contributed by atoms with Crippen LogP contribution in [0.2, 0.25) is 0 Å². The highest BCUT2D eigenvalue weighted by Crippen LogP contribution is 2.74. The number of carbonyl (C=O) groups excluding carboxylic acids is 3. The van der Waals surface area contributed by atoms with E-state index in [1.165, 1.54) is 12.5 Å². The molecular weight excluding hydrogens is 923 g/mol. The van der Waals surface area contributed by atoms with Crippen LogP contribution in [0.15, 0.2) is 46.4 Å². The number of aliphatic hydroxyl groups excluding tert-OH is 3. The van der Waals surface area contributed by atoms with Gasteiger partial charge in [-0.2, -0.15) is 0 Å². The highest BCUT2D eigenvalue weighted by atomic mass is 16.5. The fourth-order valence-electron chi connectivity index (χ4n) is 17.8. The minimum absolute atomic E-state index is 0.0280. The maximum atomic E-state index is 16.0. The maximum Gasteiger partial charge on any atom is 0.313 e. The van der Waals surface area contributed by atoms with Crippen LogP contribution in [-0.2, 0) is 19.1 Å². The second-order valence-electron chi connectivity index (χ2n) is 25.3. The number of hydrogen-bond donors (Lipinski definition) is 9. The lowest BCUT2D eigenvalue weighted by molar-refractivity contribution is -0.201. The van der Waals surface area contributed by atoms with E-state index in [4.69, 9.17) is 16.2 Å². The Morgan fingerprint density at radius 2 is 1.75 bits per heavy atom. The van der Waals surface area contributed by atoms with Crippen LogP contribution in [0, 0.1) is 87.3 Å². The summed E-state index contributed by atoms with van der Waals surface area (Å²) in [7, 11) is 0. The molecule has 0 amide bonds. The van der Waals surface area contributed by atoms with Gasteiger partial charge in [0.05, 0.1) is 54.3 Å². The molecule has 1 aliphatic heterocycles. The van der Waals surface area contributed by atoms with Crippen LogP contribution in [0.25, 0.3) is 0 Å². The van der Waals surface area contributed by atoms with Crippen molar-refractivity contribution in [1.29, 1.82) is 0 Å². The van der Waals surface area contributed by atoms with Crippen LogP contribution in [0.3, 0.4) is 0 Å². The molecule has 0 radical (unpaired) electrons. The van der Waals surface area contributed by atoms with Crippen molar-refractivity contribution in [1.82, 2.24) is 10.3 Å². The number of rotatable bonds is 12. The Hall–Kier alpha value is -4.00. The number of cyclic esters (lactones) is 1. The Balaban J connectivity index is 1.23. The number of H-pyrrole nitrogens is 1. The number of ketones is 2. The molecule has 11 N–H and O–H groups in total. The molecule has 0 aromatic carbocycles. The number of aliphatic imine (C=N–C) groups is 1. The molecule has 1 saturated heterocycles. The van der Waals surface area contributed by atoms with Crippen molar-refractivity contribution in [3.05, 3.63) is 46.9 Å². The largest absolute Gasteiger partial charge is 0.465 e. The van der Waals surface area contributed by atoms with Crippen LogP contribution >= 0.6 is 0 Å². The molecule has 14 nitrogen and oxygen atoms in total. The van der Waals surface area contributed by atoms with Gasteiger partial charge in [-0.15, -0.1) is 5.92 Å². The third-order valence-electron chi connectivity index (χ3n) is 21.3. The van der Waals surface area contributed by atoms with Gasteiger partial charge in [0, 0.05) is 53.9 Å². The summed E-state index contributed by atoms with van der Waals surface area (Å²) in [5.41, 5.74) is 8.28. The lowest BCUT2D eigenvalue weighted by Crippen LogP contribution is -2.68. The van der Waals surface area contributed by atoms with Gasteiger partial charge in [-0.05, 0) is 161 Å². The number of allylic oxidation sites excluding steroid dienone is 3. The summed E-state index contributed by atoms with van der Waals surface area (Å²) >= 11 is 0. The number of carbonyl (C=O) groups is 3. The van der Waals surface area contributed by atoms with Gasteiger partial charge < -0.3 is 52.0 Å². The van der Waals surface area contributed by atoms with Crippen molar-refractivity contribution in [2.75, 3.05) is 19.7 Å². The Labute approximate surface area is 433 Å². The Morgan fingerprint density at radius 1 is 0.986 bits per heavy atom. The molecule has 8 aliphatic rings. The van der Waals surface area contributed by atoms with Crippen molar-refractivity contribution >= 4 is 23.5 Å². The van der Waals surface area contributed by atoms with Crippen LogP contribution in [0.1, 0.15) is 162 Å². The van der Waals surface area contributed by atoms with E-state index in [0.29, 0.717) is 43.1 Å². The molecule has 19 atom stereocenters. The van der Waals surface area contributed by atoms with E-state index in [9.17, 15) is 35.1 Å². The number of nitrogens with zero attached hydrogens (tertiary/aromatic N) is 1. The molecule has 4 saturated carbocycles. The quantitative estimate of drug-likeness (QED) is 0.0277. The van der Waals surface area contributed by atoms with E-state index >= 15 is 4.79 Å². The predicted molar refractivity (Wildman–Crippen MR) is 279 cm³/mol. The van der Waals surface area contributed by atoms with Crippen LogP contribution in [0.4, 0.5) is 0 Å². The van der Waals surface area contributed by atoms with Gasteiger partial charge in [0.1, 0.15) is 5.78 Å². The molecular formula is C59H87N5O9. The SMILES string of the molecule is CCCCCC12CC(O)C(O)CC1(C)C1CCC3(CCN=C(N)N)C4C(CC#CC(C5COC(=O)C5c5cc[nH]c5)CC5C6CC(C)CCC6=CCC5C(C)CC(O)C4(C)O)CC3(O)C1=C(NCC(C)=O)C2=O. The molecule has 19 unspecified atom stereocenters. The zero-order valence-electron chi connectivity index (χ0n) is 44.5. The molecule has 1 aromatic heterocycles. The monoisotopic (exact) mass is 1010 g/mol. The number of unbranched alkanes of at least 4 members (excludes halogenated alkanes) is 2. The van der Waals surface area contributed by atoms with Gasteiger partial charge in [0.15, 0.2) is 11.7 Å². The van der Waals surface area contributed by atoms with Crippen molar-refractivity contribution in [3.63, 3.8) is 0 Å². The lowest BCUT2D eigenvalue weighted by atomic mass is 9.39. The first-order chi connectivity index (χ1) is 34.6. The fraction of sp³-hybridized carbons (Fsp3) is 0.763. The standard InChI is InChI=1S/C59H87N5O9/c1-7-8-9-19-58-29-46(67)45(66)28-55(58,5)44-17-20-57(21-23-63-54(60)61)51-38(27-59(57,72)49(44)50(52(58)69)64-30-35(4)65)12-10-11-37(43-32-73-53(70)48(43)39-18-22-62-31-39)26-42-40(34(3)25-47(68)56(51,6)71)16-15-36-14-13-33(2)24-41(36)42/h15,18,22,31,33-34,37-38,40-48,51,62,64,66-68,71-72H,7-9,12-14,16-17,19-21,23-30,32H2,1-6H3,(H4,60,61,63). The number of aromatic nitrogens is 1. The molecule has 1 aromatic rings. The van der Waals surface area contributed by atoms with Crippen molar-refractivity contribution in [3.8, 4) is 11.8 Å². The second-order valence-corrected chi connectivity index (χ2v) is 25.3. The minimum Gasteiger partial charge on any atom is -0.465 e. The number of ether oxygens (including phenoxy) is 1. The number of guanidine groups is 1. The number of hydrogen-bond acceptors (Lipinski definition) is 11. The Bertz CT molecular complexity index is 2400. The highest BCUT2D eigenvalue weighted by molar-refractivity contribution is 6.03. The van der Waals surface area contributed by atoms with Crippen molar-refractivity contribution < 1.29 is 44.7 Å². The van der Waals surface area contributed by atoms with Crippen molar-refractivity contribution in [2.45, 2.75) is 186 Å². The predicted octanol–water partition coefficient (Wildman–Crippen LogP) is 6.35. The first-order valence-corrected chi connectivity index (χ1v) is 28.2. The van der Waals surface area contributed by atoms with E-state index in [-0.39, 0.29) is 111 Å². The molecule has 5 fully saturated rings. The van der Waals surface area contributed by atoms with Gasteiger partial charge in [0.25, 0.3) is 0 Å². The number of Topliss-reactive ketones (excluding diaryl/α,β-unsaturated/α-hetero) is 2. The molecule has 14 heteroatoms. The summed E-state index contributed by atoms with van der Waals surface area (Å²) in [6.45, 7) is 12.1. The van der Waals surface area contributed by atoms with Gasteiger partial charge in [-0.3, -0.25) is 19.4 Å². The summed E-state index contributed by atoms with van der Waals surface area (Å²) < 4.78 is 5.93. The molecule has 402 valence electrons. The number of nitrogens with two attached hydrogens (primary N) is 2. The van der Waals surface area contributed by atoms with Crippen LogP contribution < -0.4 is 16.8 Å². The maximum absolute atomic E-state index is 16.0. The number of aromatic amines is 1. The van der Waals surface area contributed by atoms with Gasteiger partial charge >= 0.3 is 5.97 Å². The van der Waals surface area contributed by atoms with Crippen molar-refractivity contribution in [2.24, 2.45) is 91.9 Å². The van der Waals surface area contributed by atoms with Gasteiger partial charge in [0.2, 0.25) is 0 Å². The molecule has 9 rings (SSSR count). The molecule has 0 bridgehead atoms. The number of esters is 1. The summed E-state index contributed by atoms with van der Waals surface area (Å²) in [6, 6.07) is 1.95. The summed E-state index contributed by atoms with van der Waals surface area (Å²) in [5.74, 6) is 5.23.